The minimum atomic E-state index is -0.472. The third-order valence-corrected chi connectivity index (χ3v) is 3.18. The van der Waals surface area contributed by atoms with E-state index >= 15 is 0 Å². The molecule has 1 heterocycles. The first-order valence-corrected chi connectivity index (χ1v) is 5.82. The molecule has 5 nitrogen and oxygen atoms in total. The first kappa shape index (κ1) is 12.1. The number of hydrogen-bond donors (Lipinski definition) is 1. The lowest BCUT2D eigenvalue weighted by Gasteiger charge is -2.32. The molecule has 0 radical (unpaired) electrons. The molecule has 6 heteroatoms. The van der Waals surface area contributed by atoms with Gasteiger partial charge in [0.2, 0.25) is 0 Å². The molecule has 0 bridgehead atoms. The van der Waals surface area contributed by atoms with Crippen molar-refractivity contribution in [2.75, 3.05) is 18.0 Å². The van der Waals surface area contributed by atoms with E-state index < -0.39 is 4.92 Å². The van der Waals surface area contributed by atoms with E-state index in [0.717, 1.165) is 25.1 Å². The van der Waals surface area contributed by atoms with E-state index in [4.69, 9.17) is 11.6 Å². The predicted octanol–water partition coefficient (Wildman–Crippen LogP) is 2.21. The molecule has 17 heavy (non-hydrogen) atoms. The van der Waals surface area contributed by atoms with Crippen molar-refractivity contribution in [2.24, 2.45) is 0 Å². The second-order valence-electron chi connectivity index (χ2n) is 4.13. The minimum absolute atomic E-state index is 0.0173. The van der Waals surface area contributed by atoms with E-state index in [-0.39, 0.29) is 11.8 Å². The zero-order chi connectivity index (χ0) is 12.4. The molecule has 1 saturated heterocycles. The number of piperidine rings is 1. The number of benzene rings is 1. The molecule has 0 aliphatic carbocycles. The maximum atomic E-state index is 10.6. The average Bonchev–Trinajstić information content (AvgIpc) is 2.28. The van der Waals surface area contributed by atoms with E-state index in [2.05, 4.69) is 0 Å². The van der Waals surface area contributed by atoms with Gasteiger partial charge in [-0.2, -0.15) is 0 Å². The van der Waals surface area contributed by atoms with Gasteiger partial charge in [-0.1, -0.05) is 11.6 Å². The zero-order valence-electron chi connectivity index (χ0n) is 9.17. The van der Waals surface area contributed by atoms with Crippen LogP contribution in [-0.4, -0.2) is 29.2 Å². The highest BCUT2D eigenvalue weighted by molar-refractivity contribution is 6.33. The van der Waals surface area contributed by atoms with Crippen molar-refractivity contribution in [2.45, 2.75) is 18.9 Å². The van der Waals surface area contributed by atoms with E-state index in [0.29, 0.717) is 11.6 Å². The van der Waals surface area contributed by atoms with Gasteiger partial charge in [0.05, 0.1) is 21.7 Å². The number of rotatable bonds is 2. The van der Waals surface area contributed by atoms with Crippen LogP contribution in [0, 0.1) is 10.1 Å². The van der Waals surface area contributed by atoms with Gasteiger partial charge >= 0.3 is 0 Å². The molecular weight excluding hydrogens is 244 g/mol. The fraction of sp³-hybridized carbons (Fsp3) is 0.455. The van der Waals surface area contributed by atoms with Crippen LogP contribution in [0.1, 0.15) is 12.8 Å². The molecule has 1 fully saturated rings. The Morgan fingerprint density at radius 3 is 2.88 bits per heavy atom. The van der Waals surface area contributed by atoms with E-state index in [1.165, 1.54) is 12.1 Å². The molecule has 0 aromatic heterocycles. The number of halogens is 1. The minimum Gasteiger partial charge on any atom is -0.391 e. The molecule has 0 amide bonds. The molecule has 1 aliphatic heterocycles. The Balaban J connectivity index is 2.23. The number of aliphatic hydroxyl groups excluding tert-OH is 1. The zero-order valence-corrected chi connectivity index (χ0v) is 9.93. The number of nitrogens with zero attached hydrogens (tertiary/aromatic N) is 2. The van der Waals surface area contributed by atoms with Gasteiger partial charge in [-0.05, 0) is 18.9 Å². The van der Waals surface area contributed by atoms with Gasteiger partial charge in [0.15, 0.2) is 0 Å². The van der Waals surface area contributed by atoms with E-state index in [1.807, 2.05) is 4.90 Å². The Kier molecular flexibility index (Phi) is 3.49. The summed E-state index contributed by atoms with van der Waals surface area (Å²) in [5, 5.41) is 20.5. The largest absolute Gasteiger partial charge is 0.391 e. The molecule has 2 rings (SSSR count). The highest BCUT2D eigenvalue weighted by Crippen LogP contribution is 2.31. The van der Waals surface area contributed by atoms with Gasteiger partial charge in [-0.3, -0.25) is 10.1 Å². The van der Waals surface area contributed by atoms with Gasteiger partial charge in [0.25, 0.3) is 5.69 Å². The second-order valence-corrected chi connectivity index (χ2v) is 4.54. The smallest absolute Gasteiger partial charge is 0.271 e. The van der Waals surface area contributed by atoms with Crippen LogP contribution in [0.4, 0.5) is 11.4 Å². The SMILES string of the molecule is O=[N+]([O-])c1ccc(N2CCC[C@H](O)C2)c(Cl)c1. The maximum absolute atomic E-state index is 10.6. The van der Waals surface area contributed by atoms with Crippen LogP contribution < -0.4 is 4.90 Å². The van der Waals surface area contributed by atoms with Gasteiger partial charge in [-0.25, -0.2) is 0 Å². The Bertz CT molecular complexity index is 439. The standard InChI is InChI=1S/C11H13ClN2O3/c12-10-6-8(14(16)17)3-4-11(10)13-5-1-2-9(15)7-13/h3-4,6,9,15H,1-2,5,7H2/t9-/m0/s1. The number of hydrogen-bond acceptors (Lipinski definition) is 4. The van der Waals surface area contributed by atoms with Gasteiger partial charge in [0.1, 0.15) is 0 Å². The molecule has 0 spiro atoms. The molecule has 1 N–H and O–H groups in total. The highest BCUT2D eigenvalue weighted by atomic mass is 35.5. The first-order chi connectivity index (χ1) is 8.08. The molecular formula is C11H13ClN2O3. The highest BCUT2D eigenvalue weighted by Gasteiger charge is 2.20. The predicted molar refractivity (Wildman–Crippen MR) is 65.6 cm³/mol. The Hall–Kier alpha value is -1.33. The van der Waals surface area contributed by atoms with Crippen LogP contribution in [0.2, 0.25) is 5.02 Å². The van der Waals surface area contributed by atoms with E-state index in [1.54, 1.807) is 6.07 Å². The van der Waals surface area contributed by atoms with Gasteiger partial charge in [-0.15, -0.1) is 0 Å². The average molecular weight is 257 g/mol. The van der Waals surface area contributed by atoms with Crippen molar-refractivity contribution in [3.05, 3.63) is 33.3 Å². The van der Waals surface area contributed by atoms with Crippen molar-refractivity contribution < 1.29 is 10.0 Å². The molecule has 1 aliphatic rings. The summed E-state index contributed by atoms with van der Waals surface area (Å²) in [6.07, 6.45) is 1.34. The number of nitro groups is 1. The quantitative estimate of drug-likeness (QED) is 0.651. The topological polar surface area (TPSA) is 66.6 Å². The maximum Gasteiger partial charge on any atom is 0.271 e. The summed E-state index contributed by atoms with van der Waals surface area (Å²) in [7, 11) is 0. The molecule has 0 unspecified atom stereocenters. The Labute approximate surface area is 104 Å². The summed E-state index contributed by atoms with van der Waals surface area (Å²) in [5.41, 5.74) is 0.729. The van der Waals surface area contributed by atoms with E-state index in [9.17, 15) is 15.2 Å². The van der Waals surface area contributed by atoms with Crippen molar-refractivity contribution >= 4 is 23.0 Å². The number of aliphatic hydroxyl groups is 1. The van der Waals surface area contributed by atoms with Crippen molar-refractivity contribution in [1.29, 1.82) is 0 Å². The lowest BCUT2D eigenvalue weighted by molar-refractivity contribution is -0.384. The summed E-state index contributed by atoms with van der Waals surface area (Å²) >= 11 is 6.03. The summed E-state index contributed by atoms with van der Waals surface area (Å²) in [6.45, 7) is 1.34. The molecule has 92 valence electrons. The first-order valence-electron chi connectivity index (χ1n) is 5.45. The molecule has 1 atom stereocenters. The lowest BCUT2D eigenvalue weighted by atomic mass is 10.1. The van der Waals surface area contributed by atoms with Crippen molar-refractivity contribution in [1.82, 2.24) is 0 Å². The summed E-state index contributed by atoms with van der Waals surface area (Å²) in [6, 6.07) is 4.42. The summed E-state index contributed by atoms with van der Waals surface area (Å²) < 4.78 is 0. The second kappa shape index (κ2) is 4.89. The third kappa shape index (κ3) is 2.68. The van der Waals surface area contributed by atoms with Crippen LogP contribution in [-0.2, 0) is 0 Å². The van der Waals surface area contributed by atoms with Gasteiger partial charge < -0.3 is 10.0 Å². The van der Waals surface area contributed by atoms with Crippen LogP contribution >= 0.6 is 11.6 Å². The third-order valence-electron chi connectivity index (χ3n) is 2.88. The van der Waals surface area contributed by atoms with Crippen LogP contribution in [0.15, 0.2) is 18.2 Å². The Morgan fingerprint density at radius 2 is 2.29 bits per heavy atom. The molecule has 1 aromatic rings. The van der Waals surface area contributed by atoms with Crippen molar-refractivity contribution in [3.63, 3.8) is 0 Å². The molecule has 1 aromatic carbocycles. The lowest BCUT2D eigenvalue weighted by Crippen LogP contribution is -2.38. The van der Waals surface area contributed by atoms with Gasteiger partial charge in [0, 0.05) is 25.2 Å². The van der Waals surface area contributed by atoms with Crippen LogP contribution in [0.25, 0.3) is 0 Å². The fourth-order valence-electron chi connectivity index (χ4n) is 2.04. The number of anilines is 1. The van der Waals surface area contributed by atoms with Crippen LogP contribution in [0.5, 0.6) is 0 Å². The van der Waals surface area contributed by atoms with Crippen molar-refractivity contribution in [3.8, 4) is 0 Å². The normalized spacial score (nSPS) is 20.4. The number of β-amino-alcohol motifs (C(OH)–C–C–N with tert-alkyl or cyclic N) is 1. The van der Waals surface area contributed by atoms with Crippen LogP contribution in [0.3, 0.4) is 0 Å². The monoisotopic (exact) mass is 256 g/mol. The Morgan fingerprint density at radius 1 is 1.53 bits per heavy atom. The number of nitro benzene ring substituents is 1. The summed E-state index contributed by atoms with van der Waals surface area (Å²) in [5.74, 6) is 0. The number of non-ortho nitro benzene ring substituents is 1. The molecule has 0 saturated carbocycles. The summed E-state index contributed by atoms with van der Waals surface area (Å²) in [4.78, 5) is 12.1. The fourth-order valence-corrected chi connectivity index (χ4v) is 2.33.